The van der Waals surface area contributed by atoms with Gasteiger partial charge in [0, 0.05) is 30.5 Å². The molecule has 0 fully saturated rings. The molecule has 5 heteroatoms. The minimum atomic E-state index is 0.657. The van der Waals surface area contributed by atoms with E-state index in [0.29, 0.717) is 6.54 Å². The van der Waals surface area contributed by atoms with E-state index in [1.54, 1.807) is 24.8 Å². The van der Waals surface area contributed by atoms with Gasteiger partial charge in [-0.05, 0) is 17.7 Å². The van der Waals surface area contributed by atoms with Crippen LogP contribution in [0.25, 0.3) is 0 Å². The molecule has 2 aromatic heterocycles. The van der Waals surface area contributed by atoms with Crippen molar-refractivity contribution < 1.29 is 0 Å². The molecule has 0 spiro atoms. The van der Waals surface area contributed by atoms with E-state index in [4.69, 9.17) is 0 Å². The molecule has 0 saturated heterocycles. The fourth-order valence-electron chi connectivity index (χ4n) is 2.01. The lowest BCUT2D eigenvalue weighted by molar-refractivity contribution is 0.687. The van der Waals surface area contributed by atoms with Gasteiger partial charge in [0.25, 0.3) is 0 Å². The first kappa shape index (κ1) is 12.3. The van der Waals surface area contributed by atoms with Crippen LogP contribution in [-0.4, -0.2) is 19.7 Å². The van der Waals surface area contributed by atoms with Gasteiger partial charge in [0.1, 0.15) is 0 Å². The summed E-state index contributed by atoms with van der Waals surface area (Å²) in [4.78, 5) is 8.32. The summed E-state index contributed by atoms with van der Waals surface area (Å²) in [7, 11) is 0. The zero-order valence-electron chi connectivity index (χ0n) is 11.0. The molecule has 0 amide bonds. The van der Waals surface area contributed by atoms with E-state index in [2.05, 4.69) is 32.5 Å². The lowest BCUT2D eigenvalue weighted by Gasteiger charge is -2.11. The van der Waals surface area contributed by atoms with Gasteiger partial charge in [-0.1, -0.05) is 18.2 Å². The van der Waals surface area contributed by atoms with Crippen molar-refractivity contribution in [3.8, 4) is 0 Å². The van der Waals surface area contributed by atoms with Crippen molar-refractivity contribution in [1.29, 1.82) is 0 Å². The van der Waals surface area contributed by atoms with Gasteiger partial charge in [-0.3, -0.25) is 14.6 Å². The second-order valence-corrected chi connectivity index (χ2v) is 4.41. The topological polar surface area (TPSA) is 55.6 Å². The third-order valence-corrected chi connectivity index (χ3v) is 2.99. The molecule has 3 aromatic rings. The minimum absolute atomic E-state index is 0.657. The molecule has 2 heterocycles. The number of rotatable bonds is 5. The van der Waals surface area contributed by atoms with Crippen molar-refractivity contribution in [2.45, 2.75) is 13.1 Å². The van der Waals surface area contributed by atoms with Crippen LogP contribution in [0, 0.1) is 0 Å². The van der Waals surface area contributed by atoms with Gasteiger partial charge in [0.15, 0.2) is 0 Å². The van der Waals surface area contributed by atoms with Crippen LogP contribution in [0.4, 0.5) is 5.69 Å². The normalized spacial score (nSPS) is 10.4. The van der Waals surface area contributed by atoms with Gasteiger partial charge in [0.2, 0.25) is 0 Å². The highest BCUT2D eigenvalue weighted by atomic mass is 15.3. The highest BCUT2D eigenvalue weighted by molar-refractivity contribution is 5.51. The molecular weight excluding hydrogens is 250 g/mol. The molecule has 0 aliphatic rings. The number of anilines is 1. The van der Waals surface area contributed by atoms with Crippen molar-refractivity contribution in [1.82, 2.24) is 19.7 Å². The van der Waals surface area contributed by atoms with Crippen molar-refractivity contribution in [3.05, 3.63) is 72.6 Å². The molecule has 0 atom stereocenters. The smallest absolute Gasteiger partial charge is 0.0777 e. The van der Waals surface area contributed by atoms with Crippen LogP contribution >= 0.6 is 0 Å². The minimum Gasteiger partial charge on any atom is -0.379 e. The number of hydrogen-bond acceptors (Lipinski definition) is 4. The highest BCUT2D eigenvalue weighted by Gasteiger charge is 2.03. The SMILES string of the molecule is c1ccc(NCc2cnccn2)c(Cn2cccn2)c1. The van der Waals surface area contributed by atoms with Crippen molar-refractivity contribution >= 4 is 5.69 Å². The van der Waals surface area contributed by atoms with E-state index in [-0.39, 0.29) is 0 Å². The van der Waals surface area contributed by atoms with Crippen LogP contribution in [-0.2, 0) is 13.1 Å². The molecule has 0 aliphatic heterocycles. The lowest BCUT2D eigenvalue weighted by atomic mass is 10.1. The van der Waals surface area contributed by atoms with Gasteiger partial charge in [-0.25, -0.2) is 0 Å². The van der Waals surface area contributed by atoms with E-state index in [1.807, 2.05) is 29.1 Å². The summed E-state index contributed by atoms with van der Waals surface area (Å²) in [6.45, 7) is 1.40. The quantitative estimate of drug-likeness (QED) is 0.769. The van der Waals surface area contributed by atoms with Crippen LogP contribution in [0.5, 0.6) is 0 Å². The maximum absolute atomic E-state index is 4.26. The molecule has 1 N–H and O–H groups in total. The molecule has 0 unspecified atom stereocenters. The Morgan fingerprint density at radius 3 is 2.80 bits per heavy atom. The van der Waals surface area contributed by atoms with Gasteiger partial charge < -0.3 is 5.32 Å². The second kappa shape index (κ2) is 5.97. The van der Waals surface area contributed by atoms with Crippen LogP contribution in [0.3, 0.4) is 0 Å². The van der Waals surface area contributed by atoms with Crippen LogP contribution in [0.2, 0.25) is 0 Å². The largest absolute Gasteiger partial charge is 0.379 e. The zero-order valence-corrected chi connectivity index (χ0v) is 11.0. The monoisotopic (exact) mass is 265 g/mol. The van der Waals surface area contributed by atoms with E-state index in [0.717, 1.165) is 17.9 Å². The fraction of sp³-hybridized carbons (Fsp3) is 0.133. The van der Waals surface area contributed by atoms with Crippen LogP contribution in [0.15, 0.2) is 61.3 Å². The summed E-state index contributed by atoms with van der Waals surface area (Å²) in [5.41, 5.74) is 3.20. The third-order valence-electron chi connectivity index (χ3n) is 2.99. The number of hydrogen-bond donors (Lipinski definition) is 1. The standard InChI is InChI=1S/C15H15N5/c1-2-5-15(18-11-14-10-16-7-8-17-14)13(4-1)12-20-9-3-6-19-20/h1-10,18H,11-12H2. The Hall–Kier alpha value is -2.69. The lowest BCUT2D eigenvalue weighted by Crippen LogP contribution is -2.07. The van der Waals surface area contributed by atoms with Gasteiger partial charge in [-0.2, -0.15) is 5.10 Å². The number of aromatic nitrogens is 4. The van der Waals surface area contributed by atoms with Crippen molar-refractivity contribution in [2.75, 3.05) is 5.32 Å². The summed E-state index contributed by atoms with van der Waals surface area (Å²) in [5, 5.41) is 7.64. The van der Waals surface area contributed by atoms with Gasteiger partial charge in [-0.15, -0.1) is 0 Å². The van der Waals surface area contributed by atoms with E-state index in [9.17, 15) is 0 Å². The first-order chi connectivity index (χ1) is 9.92. The summed E-state index contributed by atoms with van der Waals surface area (Å²) in [6.07, 6.45) is 8.89. The van der Waals surface area contributed by atoms with Gasteiger partial charge >= 0.3 is 0 Å². The van der Waals surface area contributed by atoms with E-state index < -0.39 is 0 Å². The number of nitrogens with zero attached hydrogens (tertiary/aromatic N) is 4. The summed E-state index contributed by atoms with van der Waals surface area (Å²) in [6, 6.07) is 10.1. The average Bonchev–Trinajstić information content (AvgIpc) is 3.00. The van der Waals surface area contributed by atoms with Crippen LogP contribution < -0.4 is 5.32 Å². The Balaban J connectivity index is 1.73. The number of para-hydroxylation sites is 1. The number of benzene rings is 1. The Bertz CT molecular complexity index is 649. The zero-order chi connectivity index (χ0) is 13.6. The van der Waals surface area contributed by atoms with Crippen molar-refractivity contribution in [2.24, 2.45) is 0 Å². The Labute approximate surface area is 117 Å². The fourth-order valence-corrected chi connectivity index (χ4v) is 2.01. The highest BCUT2D eigenvalue weighted by Crippen LogP contribution is 2.16. The molecule has 0 bridgehead atoms. The Kier molecular flexibility index (Phi) is 3.68. The molecular formula is C15H15N5. The molecule has 1 aromatic carbocycles. The molecule has 20 heavy (non-hydrogen) atoms. The molecule has 100 valence electrons. The molecule has 0 saturated carbocycles. The Morgan fingerprint density at radius 2 is 2.00 bits per heavy atom. The molecule has 0 radical (unpaired) electrons. The molecule has 0 aliphatic carbocycles. The maximum atomic E-state index is 4.26. The predicted octanol–water partition coefficient (Wildman–Crippen LogP) is 2.33. The van der Waals surface area contributed by atoms with Crippen LogP contribution in [0.1, 0.15) is 11.3 Å². The predicted molar refractivity (Wildman–Crippen MR) is 77.1 cm³/mol. The van der Waals surface area contributed by atoms with E-state index >= 15 is 0 Å². The summed E-state index contributed by atoms with van der Waals surface area (Å²) in [5.74, 6) is 0. The number of nitrogens with one attached hydrogen (secondary N) is 1. The van der Waals surface area contributed by atoms with Gasteiger partial charge in [0.05, 0.1) is 25.0 Å². The Morgan fingerprint density at radius 1 is 1.05 bits per heavy atom. The first-order valence-corrected chi connectivity index (χ1v) is 6.46. The summed E-state index contributed by atoms with van der Waals surface area (Å²) < 4.78 is 1.91. The maximum Gasteiger partial charge on any atom is 0.0777 e. The third kappa shape index (κ3) is 3.00. The first-order valence-electron chi connectivity index (χ1n) is 6.46. The molecule has 3 rings (SSSR count). The van der Waals surface area contributed by atoms with Crippen molar-refractivity contribution in [3.63, 3.8) is 0 Å². The second-order valence-electron chi connectivity index (χ2n) is 4.41. The van der Waals surface area contributed by atoms with E-state index in [1.165, 1.54) is 5.56 Å². The average molecular weight is 265 g/mol. The molecule has 5 nitrogen and oxygen atoms in total. The summed E-state index contributed by atoms with van der Waals surface area (Å²) >= 11 is 0.